The van der Waals surface area contributed by atoms with Crippen LogP contribution in [0, 0.1) is 0 Å². The summed E-state index contributed by atoms with van der Waals surface area (Å²) in [4.78, 5) is 20.4. The number of ether oxygens (including phenoxy) is 1. The van der Waals surface area contributed by atoms with Crippen molar-refractivity contribution >= 4 is 6.03 Å². The Labute approximate surface area is 147 Å². The van der Waals surface area contributed by atoms with E-state index in [1.165, 1.54) is 6.33 Å². The second-order valence-electron chi connectivity index (χ2n) is 5.94. The van der Waals surface area contributed by atoms with Crippen molar-refractivity contribution in [2.75, 3.05) is 39.3 Å². The van der Waals surface area contributed by atoms with Crippen molar-refractivity contribution < 1.29 is 9.53 Å². The summed E-state index contributed by atoms with van der Waals surface area (Å²) in [5.74, 6) is 1.72. The fourth-order valence-electron chi connectivity index (χ4n) is 2.71. The Kier molecular flexibility index (Phi) is 6.22. The van der Waals surface area contributed by atoms with Crippen LogP contribution in [0.15, 0.2) is 36.7 Å². The number of benzene rings is 1. The van der Waals surface area contributed by atoms with Gasteiger partial charge in [-0.05, 0) is 18.6 Å². The highest BCUT2D eigenvalue weighted by Crippen LogP contribution is 2.08. The van der Waals surface area contributed by atoms with Crippen LogP contribution in [0.2, 0.25) is 0 Å². The molecule has 25 heavy (non-hydrogen) atoms. The average molecular weight is 344 g/mol. The molecule has 2 amide bonds. The summed E-state index contributed by atoms with van der Waals surface area (Å²) in [7, 11) is 0. The zero-order chi connectivity index (χ0) is 17.3. The Morgan fingerprint density at radius 2 is 2.00 bits per heavy atom. The van der Waals surface area contributed by atoms with Gasteiger partial charge in [-0.3, -0.25) is 10.00 Å². The molecule has 3 rings (SSSR count). The van der Waals surface area contributed by atoms with Gasteiger partial charge in [0.05, 0.1) is 13.2 Å². The number of H-pyrrole nitrogens is 1. The van der Waals surface area contributed by atoms with Crippen LogP contribution in [0.25, 0.3) is 0 Å². The van der Waals surface area contributed by atoms with Gasteiger partial charge >= 0.3 is 6.03 Å². The first kappa shape index (κ1) is 17.2. The zero-order valence-electron chi connectivity index (χ0n) is 14.2. The summed E-state index contributed by atoms with van der Waals surface area (Å²) in [6.45, 7) is 5.07. The molecule has 2 heterocycles. The molecule has 0 radical (unpaired) electrons. The molecule has 1 aliphatic rings. The van der Waals surface area contributed by atoms with Gasteiger partial charge in [0.2, 0.25) is 0 Å². The highest BCUT2D eigenvalue weighted by Gasteiger charge is 2.21. The number of hydrogen-bond acceptors (Lipinski definition) is 5. The Hall–Kier alpha value is -2.61. The topological polar surface area (TPSA) is 86.4 Å². The van der Waals surface area contributed by atoms with Crippen LogP contribution in [0.3, 0.4) is 0 Å². The minimum Gasteiger partial charge on any atom is -0.494 e. The van der Waals surface area contributed by atoms with Crippen LogP contribution < -0.4 is 10.1 Å². The van der Waals surface area contributed by atoms with Crippen molar-refractivity contribution in [1.82, 2.24) is 30.3 Å². The van der Waals surface area contributed by atoms with Crippen LogP contribution in [0.5, 0.6) is 5.75 Å². The van der Waals surface area contributed by atoms with Gasteiger partial charge < -0.3 is 15.0 Å². The lowest BCUT2D eigenvalue weighted by molar-refractivity contribution is 0.133. The molecule has 0 saturated carbocycles. The molecule has 1 aromatic heterocycles. The molecule has 1 fully saturated rings. The maximum atomic E-state index is 12.2. The van der Waals surface area contributed by atoms with Gasteiger partial charge in [-0.25, -0.2) is 9.78 Å². The summed E-state index contributed by atoms with van der Waals surface area (Å²) in [5, 5.41) is 9.67. The van der Waals surface area contributed by atoms with Crippen molar-refractivity contribution in [3.8, 4) is 5.75 Å². The van der Waals surface area contributed by atoms with Crippen molar-refractivity contribution in [2.24, 2.45) is 0 Å². The second kappa shape index (κ2) is 9.03. The van der Waals surface area contributed by atoms with Crippen molar-refractivity contribution in [2.45, 2.75) is 13.0 Å². The lowest BCUT2D eigenvalue weighted by Crippen LogP contribution is -2.51. The number of urea groups is 1. The molecule has 1 aliphatic heterocycles. The standard InChI is InChI=1S/C17H24N6O2/c24-17(18-7-4-12-25-15-5-2-1-3-6-15)23-10-8-22(9-11-23)13-16-19-14-20-21-16/h1-3,5-6,14H,4,7-13H2,(H,18,24)(H,19,20,21). The van der Waals surface area contributed by atoms with Gasteiger partial charge in [0, 0.05) is 32.7 Å². The Morgan fingerprint density at radius 1 is 1.20 bits per heavy atom. The number of carbonyl (C=O) groups is 1. The Balaban J connectivity index is 1.27. The quantitative estimate of drug-likeness (QED) is 0.735. The van der Waals surface area contributed by atoms with Gasteiger partial charge in [-0.1, -0.05) is 18.2 Å². The van der Waals surface area contributed by atoms with Crippen LogP contribution in [-0.2, 0) is 6.54 Å². The molecule has 8 heteroatoms. The number of amides is 2. The predicted octanol–water partition coefficient (Wildman–Crippen LogP) is 1.10. The van der Waals surface area contributed by atoms with Crippen molar-refractivity contribution in [3.05, 3.63) is 42.5 Å². The molecule has 8 nitrogen and oxygen atoms in total. The van der Waals surface area contributed by atoms with E-state index in [-0.39, 0.29) is 6.03 Å². The first-order valence-corrected chi connectivity index (χ1v) is 8.58. The third-order valence-corrected chi connectivity index (χ3v) is 4.11. The maximum Gasteiger partial charge on any atom is 0.317 e. The molecule has 1 saturated heterocycles. The predicted molar refractivity (Wildman–Crippen MR) is 93.2 cm³/mol. The average Bonchev–Trinajstić information content (AvgIpc) is 3.16. The monoisotopic (exact) mass is 344 g/mol. The van der Waals surface area contributed by atoms with Gasteiger partial charge in [-0.15, -0.1) is 0 Å². The first-order valence-electron chi connectivity index (χ1n) is 8.58. The third-order valence-electron chi connectivity index (χ3n) is 4.11. The van der Waals surface area contributed by atoms with E-state index in [1.54, 1.807) is 0 Å². The molecule has 2 N–H and O–H groups in total. The van der Waals surface area contributed by atoms with Gasteiger partial charge in [0.15, 0.2) is 0 Å². The van der Waals surface area contributed by atoms with Gasteiger partial charge in [0.1, 0.15) is 17.9 Å². The summed E-state index contributed by atoms with van der Waals surface area (Å²) < 4.78 is 5.61. The summed E-state index contributed by atoms with van der Waals surface area (Å²) in [6, 6.07) is 9.70. The summed E-state index contributed by atoms with van der Waals surface area (Å²) in [6.07, 6.45) is 2.30. The Morgan fingerprint density at radius 3 is 2.72 bits per heavy atom. The molecule has 0 bridgehead atoms. The van der Waals surface area contributed by atoms with Crippen LogP contribution in [-0.4, -0.2) is 70.3 Å². The number of aromatic nitrogens is 3. The molecular formula is C17H24N6O2. The van der Waals surface area contributed by atoms with E-state index in [0.717, 1.165) is 50.7 Å². The molecule has 0 atom stereocenters. The number of nitrogens with zero attached hydrogens (tertiary/aromatic N) is 4. The largest absolute Gasteiger partial charge is 0.494 e. The number of para-hydroxylation sites is 1. The van der Waals surface area contributed by atoms with E-state index in [9.17, 15) is 4.79 Å². The molecule has 0 unspecified atom stereocenters. The molecule has 134 valence electrons. The van der Waals surface area contributed by atoms with E-state index < -0.39 is 0 Å². The van der Waals surface area contributed by atoms with E-state index in [4.69, 9.17) is 4.74 Å². The molecule has 1 aromatic carbocycles. The highest BCUT2D eigenvalue weighted by atomic mass is 16.5. The van der Waals surface area contributed by atoms with Crippen LogP contribution >= 0.6 is 0 Å². The second-order valence-corrected chi connectivity index (χ2v) is 5.94. The van der Waals surface area contributed by atoms with E-state index in [1.807, 2.05) is 35.2 Å². The maximum absolute atomic E-state index is 12.2. The van der Waals surface area contributed by atoms with Gasteiger partial charge in [0.25, 0.3) is 0 Å². The van der Waals surface area contributed by atoms with E-state index in [0.29, 0.717) is 13.2 Å². The zero-order valence-corrected chi connectivity index (χ0v) is 14.2. The van der Waals surface area contributed by atoms with Crippen molar-refractivity contribution in [1.29, 1.82) is 0 Å². The van der Waals surface area contributed by atoms with Gasteiger partial charge in [-0.2, -0.15) is 5.10 Å². The van der Waals surface area contributed by atoms with E-state index >= 15 is 0 Å². The normalized spacial score (nSPS) is 15.1. The molecule has 0 aliphatic carbocycles. The van der Waals surface area contributed by atoms with Crippen molar-refractivity contribution in [3.63, 3.8) is 0 Å². The smallest absolute Gasteiger partial charge is 0.317 e. The molecule has 0 spiro atoms. The highest BCUT2D eigenvalue weighted by molar-refractivity contribution is 5.74. The third kappa shape index (κ3) is 5.46. The lowest BCUT2D eigenvalue weighted by Gasteiger charge is -2.34. The number of piperazine rings is 1. The summed E-state index contributed by atoms with van der Waals surface area (Å²) >= 11 is 0. The molecular weight excluding hydrogens is 320 g/mol. The van der Waals surface area contributed by atoms with E-state index in [2.05, 4.69) is 25.4 Å². The Bertz CT molecular complexity index is 626. The molecule has 2 aromatic rings. The minimum absolute atomic E-state index is 0.000901. The fourth-order valence-corrected chi connectivity index (χ4v) is 2.71. The lowest BCUT2D eigenvalue weighted by atomic mass is 10.3. The number of nitrogens with one attached hydrogen (secondary N) is 2. The summed E-state index contributed by atoms with van der Waals surface area (Å²) in [5.41, 5.74) is 0. The van der Waals surface area contributed by atoms with Crippen LogP contribution in [0.4, 0.5) is 4.79 Å². The number of rotatable bonds is 7. The first-order chi connectivity index (χ1) is 12.3. The number of carbonyl (C=O) groups excluding carboxylic acids is 1. The SMILES string of the molecule is O=C(NCCCOc1ccccc1)N1CCN(Cc2ncn[nH]2)CC1. The number of hydrogen-bond donors (Lipinski definition) is 2. The fraction of sp³-hybridized carbons (Fsp3) is 0.471. The number of aromatic amines is 1. The van der Waals surface area contributed by atoms with Crippen LogP contribution in [0.1, 0.15) is 12.2 Å². The minimum atomic E-state index is -0.000901.